The average Bonchev–Trinajstić information content (AvgIpc) is 2.51. The number of nitrogens with zero attached hydrogens (tertiary/aromatic N) is 2. The Kier molecular flexibility index (Phi) is 4.20. The van der Waals surface area contributed by atoms with Gasteiger partial charge >= 0.3 is 0 Å². The van der Waals surface area contributed by atoms with Crippen LogP contribution < -0.4 is 10.2 Å². The highest BCUT2D eigenvalue weighted by Crippen LogP contribution is 2.20. The number of nitrogens with one attached hydrogen (secondary N) is 1. The third kappa shape index (κ3) is 3.42. The van der Waals surface area contributed by atoms with Crippen molar-refractivity contribution in [3.63, 3.8) is 0 Å². The molecule has 0 aliphatic carbocycles. The highest BCUT2D eigenvalue weighted by molar-refractivity contribution is 5.46. The topological polar surface area (TPSA) is 28.2 Å². The van der Waals surface area contributed by atoms with Gasteiger partial charge in [0.15, 0.2) is 0 Å². The molecule has 0 radical (unpaired) electrons. The second-order valence-electron chi connectivity index (χ2n) is 5.95. The fourth-order valence-corrected chi connectivity index (χ4v) is 2.95. The van der Waals surface area contributed by atoms with Gasteiger partial charge in [0.25, 0.3) is 0 Å². The molecule has 2 aromatic rings. The van der Waals surface area contributed by atoms with E-state index in [9.17, 15) is 0 Å². The first-order valence-electron chi connectivity index (χ1n) is 7.69. The minimum Gasteiger partial charge on any atom is -0.365 e. The summed E-state index contributed by atoms with van der Waals surface area (Å²) in [6.07, 6.45) is 3.07. The Hall–Kier alpha value is -1.87. The summed E-state index contributed by atoms with van der Waals surface area (Å²) in [6.45, 7) is 6.35. The molecule has 0 bridgehead atoms. The maximum Gasteiger partial charge on any atom is 0.0556 e. The van der Waals surface area contributed by atoms with Gasteiger partial charge in [0.05, 0.1) is 11.9 Å². The monoisotopic (exact) mass is 281 g/mol. The highest BCUT2D eigenvalue weighted by atomic mass is 15.2. The average molecular weight is 281 g/mol. The van der Waals surface area contributed by atoms with Gasteiger partial charge in [0, 0.05) is 30.9 Å². The standard InChI is InChI=1S/C18H23N3/c1-14-8-9-18(12-19-14)21-13-17(20-11-15(21)2)10-16-6-4-3-5-7-16/h3-9,12,15,17,20H,10-11,13H2,1-2H3. The number of hydrogen-bond donors (Lipinski definition) is 1. The van der Waals surface area contributed by atoms with Crippen LogP contribution in [0.5, 0.6) is 0 Å². The van der Waals surface area contributed by atoms with Crippen LogP contribution in [0, 0.1) is 6.92 Å². The van der Waals surface area contributed by atoms with Crippen molar-refractivity contribution < 1.29 is 0 Å². The first kappa shape index (κ1) is 14.1. The lowest BCUT2D eigenvalue weighted by Gasteiger charge is -2.40. The lowest BCUT2D eigenvalue weighted by Crippen LogP contribution is -2.56. The summed E-state index contributed by atoms with van der Waals surface area (Å²) in [5.74, 6) is 0. The molecule has 2 atom stereocenters. The summed E-state index contributed by atoms with van der Waals surface area (Å²) in [5.41, 5.74) is 3.70. The van der Waals surface area contributed by atoms with Crippen LogP contribution in [-0.2, 0) is 6.42 Å². The van der Waals surface area contributed by atoms with Crippen molar-refractivity contribution in [2.75, 3.05) is 18.0 Å². The number of hydrogen-bond acceptors (Lipinski definition) is 3. The summed E-state index contributed by atoms with van der Waals surface area (Å²) in [4.78, 5) is 6.90. The lowest BCUT2D eigenvalue weighted by molar-refractivity contribution is 0.403. The van der Waals surface area contributed by atoms with Crippen molar-refractivity contribution in [2.45, 2.75) is 32.4 Å². The van der Waals surface area contributed by atoms with E-state index in [0.717, 1.165) is 25.2 Å². The van der Waals surface area contributed by atoms with E-state index in [0.29, 0.717) is 12.1 Å². The van der Waals surface area contributed by atoms with Crippen molar-refractivity contribution in [3.8, 4) is 0 Å². The van der Waals surface area contributed by atoms with Crippen LogP contribution in [0.25, 0.3) is 0 Å². The van der Waals surface area contributed by atoms with Gasteiger partial charge < -0.3 is 10.2 Å². The number of piperazine rings is 1. The third-order valence-corrected chi connectivity index (χ3v) is 4.20. The Bertz CT molecular complexity index is 565. The van der Waals surface area contributed by atoms with Crippen LogP contribution in [0.4, 0.5) is 5.69 Å². The van der Waals surface area contributed by atoms with E-state index in [4.69, 9.17) is 0 Å². The second-order valence-corrected chi connectivity index (χ2v) is 5.95. The zero-order valence-corrected chi connectivity index (χ0v) is 12.8. The molecule has 1 aliphatic rings. The summed E-state index contributed by atoms with van der Waals surface area (Å²) in [6, 6.07) is 16.0. The number of anilines is 1. The fourth-order valence-electron chi connectivity index (χ4n) is 2.95. The zero-order valence-electron chi connectivity index (χ0n) is 12.8. The van der Waals surface area contributed by atoms with Crippen LogP contribution in [0.1, 0.15) is 18.2 Å². The lowest BCUT2D eigenvalue weighted by atomic mass is 10.0. The number of aromatic nitrogens is 1. The van der Waals surface area contributed by atoms with Crippen molar-refractivity contribution in [2.24, 2.45) is 0 Å². The molecule has 0 amide bonds. The maximum atomic E-state index is 4.44. The number of aryl methyl sites for hydroxylation is 1. The molecule has 1 aromatic heterocycles. The van der Waals surface area contributed by atoms with Gasteiger partial charge in [-0.05, 0) is 38.0 Å². The first-order chi connectivity index (χ1) is 10.2. The van der Waals surface area contributed by atoms with Gasteiger partial charge in [0.1, 0.15) is 0 Å². The molecular formula is C18H23N3. The molecule has 1 aliphatic heterocycles. The van der Waals surface area contributed by atoms with Crippen LogP contribution in [0.3, 0.4) is 0 Å². The Labute approximate surface area is 127 Å². The quantitative estimate of drug-likeness (QED) is 0.937. The summed E-state index contributed by atoms with van der Waals surface area (Å²) in [5, 5.41) is 3.67. The molecule has 2 unspecified atom stereocenters. The molecule has 1 fully saturated rings. The molecule has 21 heavy (non-hydrogen) atoms. The molecule has 3 rings (SSSR count). The van der Waals surface area contributed by atoms with Crippen LogP contribution in [0.15, 0.2) is 48.7 Å². The molecule has 3 nitrogen and oxygen atoms in total. The summed E-state index contributed by atoms with van der Waals surface area (Å²) < 4.78 is 0. The minimum atomic E-state index is 0.491. The van der Waals surface area contributed by atoms with E-state index in [1.165, 1.54) is 11.3 Å². The van der Waals surface area contributed by atoms with E-state index >= 15 is 0 Å². The predicted octanol–water partition coefficient (Wildman–Crippen LogP) is 2.80. The van der Waals surface area contributed by atoms with Gasteiger partial charge in [-0.1, -0.05) is 30.3 Å². The molecule has 3 heteroatoms. The van der Waals surface area contributed by atoms with E-state index < -0.39 is 0 Å². The molecule has 0 saturated carbocycles. The number of rotatable bonds is 3. The Balaban J connectivity index is 1.71. The maximum absolute atomic E-state index is 4.44. The largest absolute Gasteiger partial charge is 0.365 e. The summed E-state index contributed by atoms with van der Waals surface area (Å²) in [7, 11) is 0. The highest BCUT2D eigenvalue weighted by Gasteiger charge is 2.25. The molecule has 110 valence electrons. The van der Waals surface area contributed by atoms with E-state index in [-0.39, 0.29) is 0 Å². The molecule has 1 aromatic carbocycles. The molecule has 2 heterocycles. The molecule has 1 saturated heterocycles. The number of benzene rings is 1. The van der Waals surface area contributed by atoms with Gasteiger partial charge in [0.2, 0.25) is 0 Å². The van der Waals surface area contributed by atoms with Gasteiger partial charge in [-0.3, -0.25) is 4.98 Å². The zero-order chi connectivity index (χ0) is 14.7. The predicted molar refractivity (Wildman–Crippen MR) is 87.7 cm³/mol. The van der Waals surface area contributed by atoms with Crippen molar-refractivity contribution in [3.05, 3.63) is 59.9 Å². The SMILES string of the molecule is Cc1ccc(N2CC(Cc3ccccc3)NCC2C)cn1. The molecule has 1 N–H and O–H groups in total. The van der Waals surface area contributed by atoms with Crippen molar-refractivity contribution in [1.82, 2.24) is 10.3 Å². The third-order valence-electron chi connectivity index (χ3n) is 4.20. The van der Waals surface area contributed by atoms with Crippen LogP contribution in [0.2, 0.25) is 0 Å². The first-order valence-corrected chi connectivity index (χ1v) is 7.69. The Morgan fingerprint density at radius 3 is 2.71 bits per heavy atom. The smallest absolute Gasteiger partial charge is 0.0556 e. The second kappa shape index (κ2) is 6.27. The van der Waals surface area contributed by atoms with E-state index in [1.807, 2.05) is 13.1 Å². The Morgan fingerprint density at radius 2 is 2.00 bits per heavy atom. The summed E-state index contributed by atoms with van der Waals surface area (Å²) >= 11 is 0. The normalized spacial score (nSPS) is 22.3. The fraction of sp³-hybridized carbons (Fsp3) is 0.389. The van der Waals surface area contributed by atoms with Crippen molar-refractivity contribution >= 4 is 5.69 Å². The van der Waals surface area contributed by atoms with Gasteiger partial charge in [-0.2, -0.15) is 0 Å². The van der Waals surface area contributed by atoms with E-state index in [1.54, 1.807) is 0 Å². The number of pyridine rings is 1. The molecule has 0 spiro atoms. The van der Waals surface area contributed by atoms with Gasteiger partial charge in [-0.15, -0.1) is 0 Å². The van der Waals surface area contributed by atoms with Gasteiger partial charge in [-0.25, -0.2) is 0 Å². The van der Waals surface area contributed by atoms with E-state index in [2.05, 4.69) is 64.6 Å². The minimum absolute atomic E-state index is 0.491. The van der Waals surface area contributed by atoms with Crippen molar-refractivity contribution in [1.29, 1.82) is 0 Å². The van der Waals surface area contributed by atoms with Crippen LogP contribution >= 0.6 is 0 Å². The van der Waals surface area contributed by atoms with Crippen LogP contribution in [-0.4, -0.2) is 30.2 Å². The molecular weight excluding hydrogens is 258 g/mol. The Morgan fingerprint density at radius 1 is 1.19 bits per heavy atom.